The van der Waals surface area contributed by atoms with Gasteiger partial charge in [-0.2, -0.15) is 0 Å². The van der Waals surface area contributed by atoms with Gasteiger partial charge < -0.3 is 0 Å². The Labute approximate surface area is 102 Å². The molecular weight excluding hydrogens is 212 g/mol. The van der Waals surface area contributed by atoms with E-state index in [2.05, 4.69) is 49.1 Å². The number of hydrogen-bond donors (Lipinski definition) is 0. The van der Waals surface area contributed by atoms with Gasteiger partial charge in [0.15, 0.2) is 5.82 Å². The first-order valence-electron chi connectivity index (χ1n) is 5.96. The van der Waals surface area contributed by atoms with Crippen LogP contribution >= 0.6 is 0 Å². The van der Waals surface area contributed by atoms with Gasteiger partial charge >= 0.3 is 0 Å². The van der Waals surface area contributed by atoms with Crippen LogP contribution in [0.2, 0.25) is 0 Å². The SMILES string of the molecule is CC(C)c1ccnc(-n2cc(C(C)C)nn2)c1. The Kier molecular flexibility index (Phi) is 3.22. The maximum absolute atomic E-state index is 4.33. The number of pyridine rings is 1. The van der Waals surface area contributed by atoms with Gasteiger partial charge in [-0.15, -0.1) is 5.10 Å². The second-order valence-electron chi connectivity index (χ2n) is 4.84. The van der Waals surface area contributed by atoms with E-state index in [4.69, 9.17) is 0 Å². The number of aromatic nitrogens is 4. The van der Waals surface area contributed by atoms with Crippen molar-refractivity contribution in [3.05, 3.63) is 35.8 Å². The van der Waals surface area contributed by atoms with E-state index in [1.54, 1.807) is 4.68 Å². The highest BCUT2D eigenvalue weighted by atomic mass is 15.4. The lowest BCUT2D eigenvalue weighted by molar-refractivity contribution is 0.759. The topological polar surface area (TPSA) is 43.6 Å². The Hall–Kier alpha value is -1.71. The van der Waals surface area contributed by atoms with Gasteiger partial charge in [-0.1, -0.05) is 32.9 Å². The summed E-state index contributed by atoms with van der Waals surface area (Å²) >= 11 is 0. The predicted octanol–water partition coefficient (Wildman–Crippen LogP) is 2.91. The van der Waals surface area contributed by atoms with Crippen LogP contribution < -0.4 is 0 Å². The third-order valence-corrected chi connectivity index (χ3v) is 2.77. The van der Waals surface area contributed by atoms with E-state index in [-0.39, 0.29) is 0 Å². The molecule has 0 bridgehead atoms. The molecule has 0 N–H and O–H groups in total. The Bertz CT molecular complexity index is 500. The van der Waals surface area contributed by atoms with E-state index in [0.29, 0.717) is 11.8 Å². The lowest BCUT2D eigenvalue weighted by Crippen LogP contribution is -2.00. The van der Waals surface area contributed by atoms with Crippen LogP contribution in [0.1, 0.15) is 50.8 Å². The highest BCUT2D eigenvalue weighted by Crippen LogP contribution is 2.17. The number of hydrogen-bond acceptors (Lipinski definition) is 3. The second kappa shape index (κ2) is 4.65. The predicted molar refractivity (Wildman–Crippen MR) is 67.3 cm³/mol. The van der Waals surface area contributed by atoms with Crippen LogP contribution in [-0.4, -0.2) is 20.0 Å². The Morgan fingerprint density at radius 2 is 1.88 bits per heavy atom. The molecule has 0 spiro atoms. The Morgan fingerprint density at radius 1 is 1.12 bits per heavy atom. The molecule has 2 rings (SSSR count). The molecule has 90 valence electrons. The van der Waals surface area contributed by atoms with Crippen molar-refractivity contribution in [1.82, 2.24) is 20.0 Å². The molecule has 0 radical (unpaired) electrons. The molecule has 2 aromatic heterocycles. The lowest BCUT2D eigenvalue weighted by atomic mass is 10.1. The van der Waals surface area contributed by atoms with Gasteiger partial charge in [-0.3, -0.25) is 0 Å². The van der Waals surface area contributed by atoms with Gasteiger partial charge in [0.25, 0.3) is 0 Å². The minimum atomic E-state index is 0.386. The van der Waals surface area contributed by atoms with E-state index < -0.39 is 0 Å². The molecule has 4 heteroatoms. The summed E-state index contributed by atoms with van der Waals surface area (Å²) < 4.78 is 1.74. The average molecular weight is 230 g/mol. The summed E-state index contributed by atoms with van der Waals surface area (Å²) in [5, 5.41) is 8.25. The molecular formula is C13H18N4. The quantitative estimate of drug-likeness (QED) is 0.814. The van der Waals surface area contributed by atoms with Crippen LogP contribution in [0.15, 0.2) is 24.5 Å². The minimum absolute atomic E-state index is 0.386. The summed E-state index contributed by atoms with van der Waals surface area (Å²) in [5.41, 5.74) is 2.25. The summed E-state index contributed by atoms with van der Waals surface area (Å²) in [6.45, 7) is 8.54. The zero-order valence-corrected chi connectivity index (χ0v) is 10.8. The summed E-state index contributed by atoms with van der Waals surface area (Å²) in [6, 6.07) is 4.10. The minimum Gasteiger partial charge on any atom is -0.237 e. The fraction of sp³-hybridized carbons (Fsp3) is 0.462. The Morgan fingerprint density at radius 3 is 2.47 bits per heavy atom. The van der Waals surface area contributed by atoms with Crippen molar-refractivity contribution in [2.75, 3.05) is 0 Å². The third kappa shape index (κ3) is 2.52. The zero-order chi connectivity index (χ0) is 12.4. The van der Waals surface area contributed by atoms with Gasteiger partial charge in [-0.25, -0.2) is 9.67 Å². The zero-order valence-electron chi connectivity index (χ0n) is 10.8. The summed E-state index contributed by atoms with van der Waals surface area (Å²) in [5.74, 6) is 1.71. The molecule has 0 saturated carbocycles. The maximum atomic E-state index is 4.33. The van der Waals surface area contributed by atoms with Crippen LogP contribution in [0.25, 0.3) is 5.82 Å². The first-order chi connectivity index (χ1) is 8.08. The summed E-state index contributed by atoms with van der Waals surface area (Å²) in [6.07, 6.45) is 3.76. The van der Waals surface area contributed by atoms with Crippen LogP contribution in [0.5, 0.6) is 0 Å². The highest BCUT2D eigenvalue weighted by molar-refractivity contribution is 5.29. The molecule has 0 aliphatic rings. The summed E-state index contributed by atoms with van der Waals surface area (Å²) in [7, 11) is 0. The van der Waals surface area contributed by atoms with Crippen LogP contribution in [0.4, 0.5) is 0 Å². The first kappa shape index (κ1) is 11.8. The summed E-state index contributed by atoms with van der Waals surface area (Å²) in [4.78, 5) is 4.33. The largest absolute Gasteiger partial charge is 0.237 e. The van der Waals surface area contributed by atoms with Gasteiger partial charge in [-0.05, 0) is 29.5 Å². The van der Waals surface area contributed by atoms with E-state index in [9.17, 15) is 0 Å². The molecule has 0 aliphatic heterocycles. The van der Waals surface area contributed by atoms with Crippen molar-refractivity contribution in [2.45, 2.75) is 39.5 Å². The molecule has 0 fully saturated rings. The molecule has 4 nitrogen and oxygen atoms in total. The fourth-order valence-electron chi connectivity index (χ4n) is 1.57. The van der Waals surface area contributed by atoms with Gasteiger partial charge in [0.1, 0.15) is 0 Å². The van der Waals surface area contributed by atoms with Crippen molar-refractivity contribution in [3.8, 4) is 5.82 Å². The third-order valence-electron chi connectivity index (χ3n) is 2.77. The molecule has 2 aromatic rings. The van der Waals surface area contributed by atoms with Crippen molar-refractivity contribution >= 4 is 0 Å². The van der Waals surface area contributed by atoms with Crippen molar-refractivity contribution in [2.24, 2.45) is 0 Å². The van der Waals surface area contributed by atoms with Gasteiger partial charge in [0, 0.05) is 6.20 Å². The number of nitrogens with zero attached hydrogens (tertiary/aromatic N) is 4. The van der Waals surface area contributed by atoms with E-state index in [1.807, 2.05) is 18.5 Å². The van der Waals surface area contributed by atoms with Gasteiger partial charge in [0.2, 0.25) is 0 Å². The molecule has 17 heavy (non-hydrogen) atoms. The molecule has 0 unspecified atom stereocenters. The fourth-order valence-corrected chi connectivity index (χ4v) is 1.57. The van der Waals surface area contributed by atoms with Crippen LogP contribution in [-0.2, 0) is 0 Å². The normalized spacial score (nSPS) is 11.4. The standard InChI is InChI=1S/C13H18N4/c1-9(2)11-5-6-14-13(7-11)17-8-12(10(3)4)15-16-17/h5-10H,1-4H3. The first-order valence-corrected chi connectivity index (χ1v) is 5.96. The van der Waals surface area contributed by atoms with E-state index in [0.717, 1.165) is 11.5 Å². The molecule has 0 atom stereocenters. The van der Waals surface area contributed by atoms with Crippen LogP contribution in [0.3, 0.4) is 0 Å². The molecule has 0 saturated heterocycles. The maximum Gasteiger partial charge on any atom is 0.155 e. The highest BCUT2D eigenvalue weighted by Gasteiger charge is 2.08. The van der Waals surface area contributed by atoms with Crippen LogP contribution in [0, 0.1) is 0 Å². The van der Waals surface area contributed by atoms with Crippen molar-refractivity contribution in [1.29, 1.82) is 0 Å². The Balaban J connectivity index is 2.35. The number of rotatable bonds is 3. The van der Waals surface area contributed by atoms with Gasteiger partial charge in [0.05, 0.1) is 11.9 Å². The monoisotopic (exact) mass is 230 g/mol. The second-order valence-corrected chi connectivity index (χ2v) is 4.84. The van der Waals surface area contributed by atoms with Crippen molar-refractivity contribution in [3.63, 3.8) is 0 Å². The van der Waals surface area contributed by atoms with Crippen molar-refractivity contribution < 1.29 is 0 Å². The average Bonchev–Trinajstić information content (AvgIpc) is 2.78. The molecule has 0 amide bonds. The van der Waals surface area contributed by atoms with E-state index in [1.165, 1.54) is 5.56 Å². The molecule has 0 aromatic carbocycles. The lowest BCUT2D eigenvalue weighted by Gasteiger charge is -2.06. The van der Waals surface area contributed by atoms with E-state index >= 15 is 0 Å². The molecule has 2 heterocycles. The molecule has 0 aliphatic carbocycles. The smallest absolute Gasteiger partial charge is 0.155 e.